The fourth-order valence-corrected chi connectivity index (χ4v) is 2.03. The molecule has 1 atom stereocenters. The number of carbonyl (C=O) groups is 1. The molecule has 2 aromatic rings. The third-order valence-corrected chi connectivity index (χ3v) is 3.36. The highest BCUT2D eigenvalue weighted by atomic mass is 35.5. The predicted molar refractivity (Wildman–Crippen MR) is 84.2 cm³/mol. The van der Waals surface area contributed by atoms with Gasteiger partial charge in [0.25, 0.3) is 5.91 Å². The van der Waals surface area contributed by atoms with Crippen LogP contribution >= 0.6 is 11.6 Å². The van der Waals surface area contributed by atoms with Crippen LogP contribution in [-0.4, -0.2) is 10.9 Å². The van der Waals surface area contributed by atoms with Crippen molar-refractivity contribution < 1.29 is 13.9 Å². The summed E-state index contributed by atoms with van der Waals surface area (Å²) in [4.78, 5) is 15.7. The number of nitrogens with zero attached hydrogens (tertiary/aromatic N) is 1. The van der Waals surface area contributed by atoms with E-state index in [1.165, 1.54) is 6.07 Å². The molecule has 5 nitrogen and oxygen atoms in total. The maximum Gasteiger partial charge on any atom is 0.252 e. The smallest absolute Gasteiger partial charge is 0.252 e. The van der Waals surface area contributed by atoms with Gasteiger partial charge >= 0.3 is 0 Å². The third-order valence-electron chi connectivity index (χ3n) is 3.12. The molecule has 2 N–H and O–H groups in total. The Morgan fingerprint density at radius 3 is 2.64 bits per heavy atom. The number of benzene rings is 1. The lowest BCUT2D eigenvalue weighted by Gasteiger charge is -2.16. The van der Waals surface area contributed by atoms with Crippen molar-refractivity contribution in [2.75, 3.05) is 0 Å². The Kier molecular flexibility index (Phi) is 4.47. The average molecular weight is 323 g/mol. The summed E-state index contributed by atoms with van der Waals surface area (Å²) in [6.07, 6.45) is 1.22. The minimum Gasteiger partial charge on any atom is -0.480 e. The zero-order valence-corrected chi connectivity index (χ0v) is 13.8. The quantitative estimate of drug-likeness (QED) is 0.926. The first-order valence-corrected chi connectivity index (χ1v) is 7.28. The van der Waals surface area contributed by atoms with Crippen molar-refractivity contribution in [2.45, 2.75) is 39.2 Å². The number of halogens is 1. The van der Waals surface area contributed by atoms with Crippen LogP contribution in [0.2, 0.25) is 5.02 Å². The molecule has 1 heterocycles. The van der Waals surface area contributed by atoms with Gasteiger partial charge in [0.1, 0.15) is 11.5 Å². The number of rotatable bonds is 4. The van der Waals surface area contributed by atoms with E-state index < -0.39 is 12.0 Å². The first-order valence-electron chi connectivity index (χ1n) is 6.90. The van der Waals surface area contributed by atoms with Gasteiger partial charge in [-0.25, -0.2) is 4.98 Å². The molecule has 1 amide bonds. The van der Waals surface area contributed by atoms with Crippen LogP contribution in [0.5, 0.6) is 5.75 Å². The Hall–Kier alpha value is -2.01. The van der Waals surface area contributed by atoms with Crippen molar-refractivity contribution in [3.8, 4) is 5.75 Å². The number of oxazole rings is 1. The van der Waals surface area contributed by atoms with Gasteiger partial charge in [0.05, 0.1) is 11.8 Å². The van der Waals surface area contributed by atoms with Crippen LogP contribution in [0.1, 0.15) is 55.8 Å². The maximum absolute atomic E-state index is 11.5. The van der Waals surface area contributed by atoms with Gasteiger partial charge in [-0.2, -0.15) is 0 Å². The van der Waals surface area contributed by atoms with Gasteiger partial charge in [0.15, 0.2) is 6.10 Å². The van der Waals surface area contributed by atoms with Crippen LogP contribution in [0.25, 0.3) is 0 Å². The second-order valence-corrected chi connectivity index (χ2v) is 6.51. The minimum atomic E-state index is -0.604. The van der Waals surface area contributed by atoms with E-state index in [2.05, 4.69) is 4.98 Å². The summed E-state index contributed by atoms with van der Waals surface area (Å²) in [7, 11) is 0. The van der Waals surface area contributed by atoms with Crippen molar-refractivity contribution in [2.24, 2.45) is 5.73 Å². The molecule has 0 bridgehead atoms. The molecule has 22 heavy (non-hydrogen) atoms. The van der Waals surface area contributed by atoms with E-state index in [9.17, 15) is 4.79 Å². The number of hydrogen-bond acceptors (Lipinski definition) is 4. The van der Waals surface area contributed by atoms with Crippen LogP contribution in [0.3, 0.4) is 0 Å². The first-order chi connectivity index (χ1) is 10.2. The Balaban J connectivity index is 2.24. The Labute approximate surface area is 134 Å². The van der Waals surface area contributed by atoms with Gasteiger partial charge < -0.3 is 14.9 Å². The summed E-state index contributed by atoms with van der Waals surface area (Å²) in [5.41, 5.74) is 5.43. The van der Waals surface area contributed by atoms with Gasteiger partial charge in [-0.15, -0.1) is 0 Å². The average Bonchev–Trinajstić information content (AvgIpc) is 2.90. The monoisotopic (exact) mass is 322 g/mol. The maximum atomic E-state index is 11.5. The summed E-state index contributed by atoms with van der Waals surface area (Å²) in [6.45, 7) is 7.89. The largest absolute Gasteiger partial charge is 0.480 e. The van der Waals surface area contributed by atoms with Crippen LogP contribution in [0, 0.1) is 0 Å². The van der Waals surface area contributed by atoms with Crippen molar-refractivity contribution in [3.63, 3.8) is 0 Å². The number of carbonyl (C=O) groups excluding carboxylic acids is 1. The summed E-state index contributed by atoms with van der Waals surface area (Å²) in [6, 6.07) is 4.71. The second-order valence-electron chi connectivity index (χ2n) is 6.08. The van der Waals surface area contributed by atoms with Crippen molar-refractivity contribution in [1.82, 2.24) is 4.98 Å². The number of primary amides is 1. The number of aromatic nitrogens is 1. The normalized spacial score (nSPS) is 13.0. The molecular weight excluding hydrogens is 304 g/mol. The highest BCUT2D eigenvalue weighted by Gasteiger charge is 2.23. The van der Waals surface area contributed by atoms with E-state index in [4.69, 9.17) is 26.5 Å². The Morgan fingerprint density at radius 2 is 2.09 bits per heavy atom. The van der Waals surface area contributed by atoms with E-state index in [1.54, 1.807) is 25.3 Å². The molecule has 0 saturated heterocycles. The zero-order valence-electron chi connectivity index (χ0n) is 13.0. The van der Waals surface area contributed by atoms with Gasteiger partial charge in [0.2, 0.25) is 5.89 Å². The highest BCUT2D eigenvalue weighted by Crippen LogP contribution is 2.29. The number of hydrogen-bond donors (Lipinski definition) is 1. The van der Waals surface area contributed by atoms with Crippen LogP contribution in [-0.2, 0) is 5.41 Å². The fourth-order valence-electron chi connectivity index (χ4n) is 1.86. The SMILES string of the molecule is C[C@@H](Oc1ccc(Cl)cc1C(N)=O)c1ncc(C(C)(C)C)o1. The first kappa shape index (κ1) is 16.4. The van der Waals surface area contributed by atoms with Gasteiger partial charge in [0, 0.05) is 10.4 Å². The van der Waals surface area contributed by atoms with Crippen molar-refractivity contribution >= 4 is 17.5 Å². The van der Waals surface area contributed by atoms with E-state index >= 15 is 0 Å². The predicted octanol–water partition coefficient (Wildman–Crippen LogP) is 3.86. The summed E-state index contributed by atoms with van der Waals surface area (Å²) >= 11 is 5.87. The summed E-state index contributed by atoms with van der Waals surface area (Å²) < 4.78 is 11.5. The Bertz CT molecular complexity index is 689. The zero-order chi connectivity index (χ0) is 16.5. The number of ether oxygens (including phenoxy) is 1. The number of nitrogens with two attached hydrogens (primary N) is 1. The molecular formula is C16H19ClN2O3. The second kappa shape index (κ2) is 6.01. The molecule has 0 aliphatic heterocycles. The van der Waals surface area contributed by atoms with E-state index in [1.807, 2.05) is 20.8 Å². The highest BCUT2D eigenvalue weighted by molar-refractivity contribution is 6.31. The van der Waals surface area contributed by atoms with E-state index in [-0.39, 0.29) is 11.0 Å². The molecule has 0 aliphatic rings. The van der Waals surface area contributed by atoms with Crippen molar-refractivity contribution in [3.05, 3.63) is 46.6 Å². The minimum absolute atomic E-state index is 0.135. The standard InChI is InChI=1S/C16H19ClN2O3/c1-9(15-19-8-13(22-15)16(2,3)4)21-12-6-5-10(17)7-11(12)14(18)20/h5-9H,1-4H3,(H2,18,20)/t9-/m1/s1. The lowest BCUT2D eigenvalue weighted by Crippen LogP contribution is -2.14. The molecule has 1 aromatic heterocycles. The lowest BCUT2D eigenvalue weighted by molar-refractivity contribution is 0.0991. The van der Waals surface area contributed by atoms with E-state index in [0.29, 0.717) is 16.7 Å². The van der Waals surface area contributed by atoms with Gasteiger partial charge in [-0.3, -0.25) is 4.79 Å². The summed E-state index contributed by atoms with van der Waals surface area (Å²) in [5, 5.41) is 0.417. The van der Waals surface area contributed by atoms with Crippen molar-refractivity contribution in [1.29, 1.82) is 0 Å². The van der Waals surface area contributed by atoms with Gasteiger partial charge in [-0.1, -0.05) is 32.4 Å². The van der Waals surface area contributed by atoms with Gasteiger partial charge in [-0.05, 0) is 25.1 Å². The van der Waals surface area contributed by atoms with Crippen LogP contribution in [0.15, 0.2) is 28.8 Å². The molecule has 0 unspecified atom stereocenters. The topological polar surface area (TPSA) is 78.4 Å². The third kappa shape index (κ3) is 3.60. The molecule has 118 valence electrons. The Morgan fingerprint density at radius 1 is 1.41 bits per heavy atom. The molecule has 2 rings (SSSR count). The number of amides is 1. The molecule has 0 aliphatic carbocycles. The fraction of sp³-hybridized carbons (Fsp3) is 0.375. The van der Waals surface area contributed by atoms with Crippen LogP contribution in [0.4, 0.5) is 0 Å². The molecule has 0 saturated carbocycles. The van der Waals surface area contributed by atoms with E-state index in [0.717, 1.165) is 5.76 Å². The molecule has 6 heteroatoms. The van der Waals surface area contributed by atoms with Crippen LogP contribution < -0.4 is 10.5 Å². The summed E-state index contributed by atoms with van der Waals surface area (Å²) in [5.74, 6) is 0.951. The molecule has 0 spiro atoms. The lowest BCUT2D eigenvalue weighted by atomic mass is 9.94. The molecule has 1 aromatic carbocycles. The molecule has 0 radical (unpaired) electrons. The molecule has 0 fully saturated rings.